The van der Waals surface area contributed by atoms with Crippen LogP contribution in [0.2, 0.25) is 0 Å². The molecule has 2 aromatic rings. The van der Waals surface area contributed by atoms with Crippen molar-refractivity contribution in [3.8, 4) is 11.1 Å². The molecule has 0 fully saturated rings. The summed E-state index contributed by atoms with van der Waals surface area (Å²) in [6.45, 7) is 5.83. The molecule has 0 aliphatic heterocycles. The Morgan fingerprint density at radius 1 is 0.970 bits per heavy atom. The van der Waals surface area contributed by atoms with Gasteiger partial charge in [-0.25, -0.2) is 9.59 Å². The van der Waals surface area contributed by atoms with Gasteiger partial charge in [-0.15, -0.1) is 0 Å². The summed E-state index contributed by atoms with van der Waals surface area (Å²) in [4.78, 5) is 36.3. The first-order chi connectivity index (χ1) is 15.8. The van der Waals surface area contributed by atoms with Crippen LogP contribution < -0.4 is 10.6 Å². The van der Waals surface area contributed by atoms with E-state index >= 15 is 0 Å². The van der Waals surface area contributed by atoms with Gasteiger partial charge in [0.15, 0.2) is 0 Å². The monoisotopic (exact) mass is 452 g/mol. The topological polar surface area (TPSA) is 105 Å². The Kier molecular flexibility index (Phi) is 8.09. The van der Waals surface area contributed by atoms with E-state index in [9.17, 15) is 19.5 Å². The van der Waals surface area contributed by atoms with E-state index in [1.165, 1.54) is 0 Å². The molecule has 3 N–H and O–H groups in total. The first-order valence-corrected chi connectivity index (χ1v) is 11.5. The molecule has 0 aromatic heterocycles. The van der Waals surface area contributed by atoms with Crippen molar-refractivity contribution in [2.45, 2.75) is 58.0 Å². The van der Waals surface area contributed by atoms with Gasteiger partial charge in [0.1, 0.15) is 12.6 Å². The second-order valence-electron chi connectivity index (χ2n) is 8.77. The van der Waals surface area contributed by atoms with Crippen LogP contribution in [0.1, 0.15) is 57.1 Å². The van der Waals surface area contributed by atoms with E-state index in [1.54, 1.807) is 0 Å². The van der Waals surface area contributed by atoms with Crippen molar-refractivity contribution in [3.05, 3.63) is 59.7 Å². The molecule has 1 aliphatic rings. The number of aliphatic carboxylic acids is 1. The molecule has 0 heterocycles. The predicted molar refractivity (Wildman–Crippen MR) is 126 cm³/mol. The van der Waals surface area contributed by atoms with Crippen LogP contribution in [0, 0.1) is 5.92 Å². The highest BCUT2D eigenvalue weighted by Gasteiger charge is 2.30. The molecule has 7 nitrogen and oxygen atoms in total. The van der Waals surface area contributed by atoms with Crippen molar-refractivity contribution < 1.29 is 24.2 Å². The number of ether oxygens (including phenoxy) is 1. The molecule has 7 heteroatoms. The zero-order valence-corrected chi connectivity index (χ0v) is 19.3. The van der Waals surface area contributed by atoms with Crippen LogP contribution in [0.3, 0.4) is 0 Å². The van der Waals surface area contributed by atoms with E-state index in [4.69, 9.17) is 4.74 Å². The first kappa shape index (κ1) is 24.3. The summed E-state index contributed by atoms with van der Waals surface area (Å²) in [6.07, 6.45) is 0.387. The molecule has 0 saturated heterocycles. The Hall–Kier alpha value is -3.35. The largest absolute Gasteiger partial charge is 0.480 e. The van der Waals surface area contributed by atoms with Crippen molar-refractivity contribution in [1.82, 2.24) is 10.6 Å². The van der Waals surface area contributed by atoms with E-state index in [0.29, 0.717) is 12.8 Å². The number of carbonyl (C=O) groups is 3. The SMILES string of the molecule is CCCC(NC(=O)C[C@H](NC(=O)OCC1c2ccccc2-c2ccccc21)C(C)C)C(=O)O. The van der Waals surface area contributed by atoms with Crippen LogP contribution in [0.5, 0.6) is 0 Å². The second-order valence-corrected chi connectivity index (χ2v) is 8.77. The molecule has 2 atom stereocenters. The van der Waals surface area contributed by atoms with E-state index < -0.39 is 30.1 Å². The zero-order valence-electron chi connectivity index (χ0n) is 19.3. The number of carboxylic acid groups (broad SMARTS) is 1. The van der Waals surface area contributed by atoms with E-state index in [-0.39, 0.29) is 24.9 Å². The van der Waals surface area contributed by atoms with Gasteiger partial charge < -0.3 is 20.5 Å². The highest BCUT2D eigenvalue weighted by Crippen LogP contribution is 2.44. The average molecular weight is 453 g/mol. The van der Waals surface area contributed by atoms with Gasteiger partial charge in [0.2, 0.25) is 5.91 Å². The molecule has 2 aromatic carbocycles. The normalized spacial score (nSPS) is 14.2. The number of hydrogen-bond acceptors (Lipinski definition) is 4. The molecule has 2 amide bonds. The molecular formula is C26H32N2O5. The molecular weight excluding hydrogens is 420 g/mol. The summed E-state index contributed by atoms with van der Waals surface area (Å²) in [7, 11) is 0. The Morgan fingerprint density at radius 2 is 1.55 bits per heavy atom. The fraction of sp³-hybridized carbons (Fsp3) is 0.423. The minimum absolute atomic E-state index is 0.0185. The van der Waals surface area contributed by atoms with Gasteiger partial charge in [-0.1, -0.05) is 75.7 Å². The molecule has 0 radical (unpaired) electrons. The summed E-state index contributed by atoms with van der Waals surface area (Å²) in [5, 5.41) is 14.6. The molecule has 0 spiro atoms. The summed E-state index contributed by atoms with van der Waals surface area (Å²) < 4.78 is 5.58. The van der Waals surface area contributed by atoms with Crippen molar-refractivity contribution in [1.29, 1.82) is 0 Å². The van der Waals surface area contributed by atoms with Crippen molar-refractivity contribution in [2.24, 2.45) is 5.92 Å². The van der Waals surface area contributed by atoms with Gasteiger partial charge in [0, 0.05) is 18.4 Å². The predicted octanol–water partition coefficient (Wildman–Crippen LogP) is 4.31. The van der Waals surface area contributed by atoms with E-state index in [1.807, 2.05) is 45.0 Å². The maximum absolute atomic E-state index is 12.6. The summed E-state index contributed by atoms with van der Waals surface area (Å²) in [6, 6.07) is 14.8. The number of rotatable bonds is 10. The van der Waals surface area contributed by atoms with Crippen molar-refractivity contribution >= 4 is 18.0 Å². The number of hydrogen-bond donors (Lipinski definition) is 3. The average Bonchev–Trinajstić information content (AvgIpc) is 3.10. The lowest BCUT2D eigenvalue weighted by atomic mass is 9.98. The van der Waals surface area contributed by atoms with Crippen molar-refractivity contribution in [2.75, 3.05) is 6.61 Å². The highest BCUT2D eigenvalue weighted by atomic mass is 16.5. The Morgan fingerprint density at radius 3 is 2.06 bits per heavy atom. The molecule has 3 rings (SSSR count). The second kappa shape index (κ2) is 11.0. The number of nitrogens with one attached hydrogen (secondary N) is 2. The summed E-state index contributed by atoms with van der Waals surface area (Å²) in [5.41, 5.74) is 4.56. The molecule has 1 unspecified atom stereocenters. The van der Waals surface area contributed by atoms with Crippen LogP contribution in [0.15, 0.2) is 48.5 Å². The number of carbonyl (C=O) groups excluding carboxylic acids is 2. The lowest BCUT2D eigenvalue weighted by Crippen LogP contribution is -2.46. The van der Waals surface area contributed by atoms with Gasteiger partial charge in [-0.05, 0) is 34.6 Å². The van der Waals surface area contributed by atoms with Crippen LogP contribution in [-0.4, -0.2) is 41.8 Å². The van der Waals surface area contributed by atoms with Gasteiger partial charge in [0.05, 0.1) is 0 Å². The standard InChI is InChI=1S/C26H32N2O5/c1-4-9-22(25(30)31)27-24(29)14-23(16(2)3)28-26(32)33-15-21-19-12-7-5-10-17(19)18-11-6-8-13-20(18)21/h5-8,10-13,16,21-23H,4,9,14-15H2,1-3H3,(H,27,29)(H,28,32)(H,30,31)/t22?,23-/m0/s1. The van der Waals surface area contributed by atoms with Gasteiger partial charge in [-0.3, -0.25) is 4.79 Å². The molecule has 33 heavy (non-hydrogen) atoms. The fourth-order valence-electron chi connectivity index (χ4n) is 4.24. The quantitative estimate of drug-likeness (QED) is 0.498. The fourth-order valence-corrected chi connectivity index (χ4v) is 4.24. The number of alkyl carbamates (subject to hydrolysis) is 1. The third-order valence-electron chi connectivity index (χ3n) is 6.07. The number of carboxylic acids is 1. The lowest BCUT2D eigenvalue weighted by Gasteiger charge is -2.23. The number of benzene rings is 2. The molecule has 0 bridgehead atoms. The number of amides is 2. The van der Waals surface area contributed by atoms with E-state index in [2.05, 4.69) is 34.9 Å². The van der Waals surface area contributed by atoms with Crippen LogP contribution in [0.4, 0.5) is 4.79 Å². The highest BCUT2D eigenvalue weighted by molar-refractivity contribution is 5.84. The smallest absolute Gasteiger partial charge is 0.407 e. The van der Waals surface area contributed by atoms with Gasteiger partial charge in [0.25, 0.3) is 0 Å². The van der Waals surface area contributed by atoms with Crippen LogP contribution in [-0.2, 0) is 14.3 Å². The van der Waals surface area contributed by atoms with Crippen molar-refractivity contribution in [3.63, 3.8) is 0 Å². The summed E-state index contributed by atoms with van der Waals surface area (Å²) >= 11 is 0. The first-order valence-electron chi connectivity index (χ1n) is 11.5. The lowest BCUT2D eigenvalue weighted by molar-refractivity contribution is -0.142. The minimum atomic E-state index is -1.06. The van der Waals surface area contributed by atoms with Gasteiger partial charge in [-0.2, -0.15) is 0 Å². The Labute approximate surface area is 194 Å². The molecule has 1 aliphatic carbocycles. The summed E-state index contributed by atoms with van der Waals surface area (Å²) in [5.74, 6) is -1.55. The maximum atomic E-state index is 12.6. The number of fused-ring (bicyclic) bond motifs is 3. The molecule has 0 saturated carbocycles. The zero-order chi connectivity index (χ0) is 24.0. The van der Waals surface area contributed by atoms with E-state index in [0.717, 1.165) is 22.3 Å². The third-order valence-corrected chi connectivity index (χ3v) is 6.07. The Bertz CT molecular complexity index is 958. The van der Waals surface area contributed by atoms with Crippen LogP contribution >= 0.6 is 0 Å². The maximum Gasteiger partial charge on any atom is 0.407 e. The third kappa shape index (κ3) is 5.92. The van der Waals surface area contributed by atoms with Crippen LogP contribution in [0.25, 0.3) is 11.1 Å². The molecule has 176 valence electrons. The van der Waals surface area contributed by atoms with Gasteiger partial charge >= 0.3 is 12.1 Å². The minimum Gasteiger partial charge on any atom is -0.480 e. The Balaban J connectivity index is 1.60.